The molecule has 49 heavy (non-hydrogen) atoms. The summed E-state index contributed by atoms with van der Waals surface area (Å²) in [7, 11) is 0. The van der Waals surface area contributed by atoms with Gasteiger partial charge in [0.05, 0.1) is 6.42 Å². The molecule has 0 spiro atoms. The summed E-state index contributed by atoms with van der Waals surface area (Å²) in [4.78, 5) is 37.3. The predicted octanol–water partition coefficient (Wildman–Crippen LogP) is 11.7. The van der Waals surface area contributed by atoms with Crippen LogP contribution in [0.25, 0.3) is 0 Å². The van der Waals surface area contributed by atoms with Crippen molar-refractivity contribution in [1.82, 2.24) is 0 Å². The molecular weight excluding hydrogens is 612 g/mol. The molecule has 0 amide bonds. The fourth-order valence-electron chi connectivity index (χ4n) is 4.56. The fraction of sp³-hybridized carbons (Fsp3) is 0.605. The Morgan fingerprint density at radius 1 is 0.449 bits per heavy atom. The van der Waals surface area contributed by atoms with Gasteiger partial charge in [0.2, 0.25) is 0 Å². The Morgan fingerprint density at radius 3 is 1.51 bits per heavy atom. The van der Waals surface area contributed by atoms with Crippen molar-refractivity contribution in [2.75, 3.05) is 13.2 Å². The normalized spacial score (nSPS) is 13.0. The summed E-state index contributed by atoms with van der Waals surface area (Å²) in [5, 5.41) is 0. The SMILES string of the molecule is CC/C=C\C/C=C\C/C=C\CCCC(=O)OCC(COC(=O)C/C=C\C/C=C\C/C=C\CC)OC(=O)CCCCCCC/C=C\CCCC. The zero-order valence-electron chi connectivity index (χ0n) is 31.2. The third kappa shape index (κ3) is 35.7. The van der Waals surface area contributed by atoms with E-state index in [4.69, 9.17) is 14.2 Å². The lowest BCUT2D eigenvalue weighted by molar-refractivity contribution is -0.166. The van der Waals surface area contributed by atoms with Crippen molar-refractivity contribution in [3.8, 4) is 0 Å². The van der Waals surface area contributed by atoms with Gasteiger partial charge in [0, 0.05) is 12.8 Å². The summed E-state index contributed by atoms with van der Waals surface area (Å²) < 4.78 is 16.4. The summed E-state index contributed by atoms with van der Waals surface area (Å²) in [6.45, 7) is 6.15. The average Bonchev–Trinajstić information content (AvgIpc) is 3.10. The molecule has 0 aliphatic carbocycles. The first-order valence-electron chi connectivity index (χ1n) is 19.1. The highest BCUT2D eigenvalue weighted by Gasteiger charge is 2.19. The van der Waals surface area contributed by atoms with Crippen molar-refractivity contribution < 1.29 is 28.6 Å². The van der Waals surface area contributed by atoms with Gasteiger partial charge in [-0.2, -0.15) is 0 Å². The highest BCUT2D eigenvalue weighted by atomic mass is 16.6. The molecule has 1 atom stereocenters. The predicted molar refractivity (Wildman–Crippen MR) is 205 cm³/mol. The van der Waals surface area contributed by atoms with E-state index in [-0.39, 0.29) is 44.4 Å². The Labute approximate surface area is 299 Å². The zero-order chi connectivity index (χ0) is 35.9. The average molecular weight is 681 g/mol. The van der Waals surface area contributed by atoms with E-state index in [0.717, 1.165) is 83.5 Å². The monoisotopic (exact) mass is 681 g/mol. The maximum Gasteiger partial charge on any atom is 0.309 e. The molecule has 0 aromatic heterocycles. The van der Waals surface area contributed by atoms with Crippen molar-refractivity contribution in [3.05, 3.63) is 85.1 Å². The van der Waals surface area contributed by atoms with E-state index in [0.29, 0.717) is 6.42 Å². The summed E-state index contributed by atoms with van der Waals surface area (Å²) >= 11 is 0. The lowest BCUT2D eigenvalue weighted by Crippen LogP contribution is -2.30. The van der Waals surface area contributed by atoms with Crippen LogP contribution in [0.4, 0.5) is 0 Å². The van der Waals surface area contributed by atoms with Crippen LogP contribution < -0.4 is 0 Å². The Balaban J connectivity index is 4.58. The Bertz CT molecular complexity index is 1010. The number of esters is 3. The first-order valence-corrected chi connectivity index (χ1v) is 19.1. The highest BCUT2D eigenvalue weighted by molar-refractivity contribution is 5.72. The van der Waals surface area contributed by atoms with Crippen molar-refractivity contribution in [2.45, 2.75) is 155 Å². The molecule has 0 saturated heterocycles. The molecule has 6 heteroatoms. The molecule has 0 heterocycles. The van der Waals surface area contributed by atoms with Crippen LogP contribution in [0, 0.1) is 0 Å². The van der Waals surface area contributed by atoms with E-state index >= 15 is 0 Å². The number of unbranched alkanes of at least 4 members (excludes halogenated alkanes) is 8. The van der Waals surface area contributed by atoms with Gasteiger partial charge in [0.25, 0.3) is 0 Å². The van der Waals surface area contributed by atoms with Crippen LogP contribution >= 0.6 is 0 Å². The molecule has 0 bridgehead atoms. The molecule has 0 rings (SSSR count). The molecule has 0 radical (unpaired) electrons. The van der Waals surface area contributed by atoms with Crippen molar-refractivity contribution in [3.63, 3.8) is 0 Å². The third-order valence-corrected chi connectivity index (χ3v) is 7.40. The second kappa shape index (κ2) is 37.4. The van der Waals surface area contributed by atoms with Crippen LogP contribution in [0.2, 0.25) is 0 Å². The minimum atomic E-state index is -0.832. The molecule has 0 aromatic carbocycles. The number of carbonyl (C=O) groups excluding carboxylic acids is 3. The van der Waals surface area contributed by atoms with Crippen LogP contribution in [0.1, 0.15) is 149 Å². The molecule has 0 aliphatic rings. The van der Waals surface area contributed by atoms with Crippen LogP contribution in [-0.4, -0.2) is 37.2 Å². The van der Waals surface area contributed by atoms with Crippen LogP contribution in [0.5, 0.6) is 0 Å². The summed E-state index contributed by atoms with van der Waals surface area (Å²) in [6.07, 6.45) is 46.1. The Kier molecular flexibility index (Phi) is 34.8. The second-order valence-corrected chi connectivity index (χ2v) is 12.1. The summed E-state index contributed by atoms with van der Waals surface area (Å²) in [5.41, 5.74) is 0. The summed E-state index contributed by atoms with van der Waals surface area (Å²) in [5.74, 6) is -1.14. The van der Waals surface area contributed by atoms with E-state index in [1.165, 1.54) is 19.3 Å². The lowest BCUT2D eigenvalue weighted by Gasteiger charge is -2.18. The van der Waals surface area contributed by atoms with Gasteiger partial charge in [-0.3, -0.25) is 14.4 Å². The first kappa shape index (κ1) is 45.6. The number of carbonyl (C=O) groups is 3. The van der Waals surface area contributed by atoms with Crippen LogP contribution in [0.15, 0.2) is 85.1 Å². The topological polar surface area (TPSA) is 78.9 Å². The molecule has 0 aliphatic heterocycles. The van der Waals surface area contributed by atoms with Gasteiger partial charge < -0.3 is 14.2 Å². The molecule has 0 aromatic rings. The van der Waals surface area contributed by atoms with E-state index in [1.807, 2.05) is 6.08 Å². The first-order chi connectivity index (χ1) is 24.0. The van der Waals surface area contributed by atoms with Crippen LogP contribution in [0.3, 0.4) is 0 Å². The van der Waals surface area contributed by atoms with Gasteiger partial charge in [-0.05, 0) is 77.0 Å². The molecular formula is C43H68O6. The minimum absolute atomic E-state index is 0.123. The quantitative estimate of drug-likeness (QED) is 0.0304. The molecule has 276 valence electrons. The van der Waals surface area contributed by atoms with Crippen molar-refractivity contribution in [1.29, 1.82) is 0 Å². The Hall–Kier alpha value is -3.41. The largest absolute Gasteiger partial charge is 0.462 e. The van der Waals surface area contributed by atoms with Gasteiger partial charge in [-0.1, -0.05) is 138 Å². The molecule has 1 unspecified atom stereocenters. The zero-order valence-corrected chi connectivity index (χ0v) is 31.2. The smallest absolute Gasteiger partial charge is 0.309 e. The maximum atomic E-state index is 12.6. The second-order valence-electron chi connectivity index (χ2n) is 12.1. The molecule has 0 saturated carbocycles. The number of hydrogen-bond donors (Lipinski definition) is 0. The van der Waals surface area contributed by atoms with Crippen molar-refractivity contribution >= 4 is 17.9 Å². The third-order valence-electron chi connectivity index (χ3n) is 7.40. The fourth-order valence-corrected chi connectivity index (χ4v) is 4.56. The lowest BCUT2D eigenvalue weighted by atomic mass is 10.1. The number of rotatable bonds is 32. The van der Waals surface area contributed by atoms with E-state index in [9.17, 15) is 14.4 Å². The minimum Gasteiger partial charge on any atom is -0.462 e. The van der Waals surface area contributed by atoms with E-state index in [1.54, 1.807) is 6.08 Å². The van der Waals surface area contributed by atoms with Gasteiger partial charge in [-0.15, -0.1) is 0 Å². The standard InChI is InChI=1S/C43H68O6/c1-4-7-10-13-16-19-21-24-27-30-33-36-42(45)48-39-40(38-47-41(44)35-32-29-26-23-18-15-12-9-6-3)49-43(46)37-34-31-28-25-22-20-17-14-11-8-5-2/h7,9-10,12,14,16-19,23-24,27,29,32,40H,4-6,8,11,13,15,20-22,25-26,28,30-31,33-39H2,1-3H3/b10-7-,12-9-,17-14-,19-16-,23-18-,27-24-,32-29-. The van der Waals surface area contributed by atoms with E-state index < -0.39 is 12.1 Å². The van der Waals surface area contributed by atoms with Crippen molar-refractivity contribution in [2.24, 2.45) is 0 Å². The number of hydrogen-bond acceptors (Lipinski definition) is 6. The van der Waals surface area contributed by atoms with E-state index in [2.05, 4.69) is 93.7 Å². The number of ether oxygens (including phenoxy) is 3. The molecule has 6 nitrogen and oxygen atoms in total. The molecule has 0 N–H and O–H groups in total. The summed E-state index contributed by atoms with van der Waals surface area (Å²) in [6, 6.07) is 0. The van der Waals surface area contributed by atoms with Gasteiger partial charge in [-0.25, -0.2) is 0 Å². The maximum absolute atomic E-state index is 12.6. The van der Waals surface area contributed by atoms with Gasteiger partial charge >= 0.3 is 17.9 Å². The Morgan fingerprint density at radius 2 is 0.898 bits per heavy atom. The number of allylic oxidation sites excluding steroid dienone is 13. The highest BCUT2D eigenvalue weighted by Crippen LogP contribution is 2.11. The molecule has 0 fully saturated rings. The van der Waals surface area contributed by atoms with Gasteiger partial charge in [0.15, 0.2) is 6.10 Å². The van der Waals surface area contributed by atoms with Crippen LogP contribution in [-0.2, 0) is 28.6 Å². The van der Waals surface area contributed by atoms with Gasteiger partial charge in [0.1, 0.15) is 13.2 Å².